The van der Waals surface area contributed by atoms with E-state index in [4.69, 9.17) is 11.6 Å². The molecule has 0 aliphatic rings. The third-order valence-corrected chi connectivity index (χ3v) is 3.24. The van der Waals surface area contributed by atoms with Crippen molar-refractivity contribution in [2.24, 2.45) is 7.05 Å². The molecular weight excluding hydrogens is 260 g/mol. The Labute approximate surface area is 118 Å². The molecule has 2 aromatic rings. The van der Waals surface area contributed by atoms with Crippen molar-refractivity contribution < 1.29 is 0 Å². The van der Waals surface area contributed by atoms with Crippen LogP contribution in [0.4, 0.5) is 0 Å². The van der Waals surface area contributed by atoms with Gasteiger partial charge >= 0.3 is 0 Å². The SMILES string of the molecule is CN(Cc1ccc(Cl)cc1)Cc1ccn(C)c(=O)c1. The first-order valence-electron chi connectivity index (χ1n) is 6.13. The summed E-state index contributed by atoms with van der Waals surface area (Å²) in [4.78, 5) is 13.7. The Balaban J connectivity index is 2.00. The van der Waals surface area contributed by atoms with Crippen LogP contribution in [-0.4, -0.2) is 16.5 Å². The van der Waals surface area contributed by atoms with E-state index in [0.717, 1.165) is 23.7 Å². The van der Waals surface area contributed by atoms with E-state index in [9.17, 15) is 4.79 Å². The predicted molar refractivity (Wildman–Crippen MR) is 78.3 cm³/mol. The molecule has 1 aromatic carbocycles. The van der Waals surface area contributed by atoms with Crippen molar-refractivity contribution in [3.8, 4) is 0 Å². The fourth-order valence-electron chi connectivity index (χ4n) is 1.96. The van der Waals surface area contributed by atoms with Crippen molar-refractivity contribution in [2.75, 3.05) is 7.05 Å². The molecule has 100 valence electrons. The molecule has 0 amide bonds. The van der Waals surface area contributed by atoms with Gasteiger partial charge in [0.15, 0.2) is 0 Å². The van der Waals surface area contributed by atoms with Crippen LogP contribution in [0.15, 0.2) is 47.4 Å². The summed E-state index contributed by atoms with van der Waals surface area (Å²) in [5.74, 6) is 0. The second-order valence-corrected chi connectivity index (χ2v) is 5.22. The first-order chi connectivity index (χ1) is 9.04. The molecule has 0 N–H and O–H groups in total. The summed E-state index contributed by atoms with van der Waals surface area (Å²) in [7, 11) is 3.79. The van der Waals surface area contributed by atoms with Gasteiger partial charge in [-0.3, -0.25) is 9.69 Å². The lowest BCUT2D eigenvalue weighted by molar-refractivity contribution is 0.318. The van der Waals surface area contributed by atoms with Crippen molar-refractivity contribution in [2.45, 2.75) is 13.1 Å². The van der Waals surface area contributed by atoms with E-state index in [1.54, 1.807) is 23.9 Å². The minimum absolute atomic E-state index is 0.0254. The average Bonchev–Trinajstić information content (AvgIpc) is 2.37. The van der Waals surface area contributed by atoms with Crippen LogP contribution in [0.25, 0.3) is 0 Å². The van der Waals surface area contributed by atoms with E-state index >= 15 is 0 Å². The molecular formula is C15H17ClN2O. The largest absolute Gasteiger partial charge is 0.319 e. The molecule has 2 rings (SSSR count). The molecule has 0 aliphatic carbocycles. The summed E-state index contributed by atoms with van der Waals surface area (Å²) >= 11 is 5.86. The van der Waals surface area contributed by atoms with Crippen molar-refractivity contribution in [1.82, 2.24) is 9.47 Å². The van der Waals surface area contributed by atoms with Crippen molar-refractivity contribution >= 4 is 11.6 Å². The minimum Gasteiger partial charge on any atom is -0.319 e. The standard InChI is InChI=1S/C15H17ClN2O/c1-17(10-12-3-5-14(16)6-4-12)11-13-7-8-18(2)15(19)9-13/h3-9H,10-11H2,1-2H3. The van der Waals surface area contributed by atoms with Gasteiger partial charge in [-0.15, -0.1) is 0 Å². The van der Waals surface area contributed by atoms with E-state index in [1.165, 1.54) is 5.56 Å². The van der Waals surface area contributed by atoms with Gasteiger partial charge < -0.3 is 4.57 Å². The maximum Gasteiger partial charge on any atom is 0.250 e. The lowest BCUT2D eigenvalue weighted by Gasteiger charge is -2.17. The third-order valence-electron chi connectivity index (χ3n) is 2.99. The minimum atomic E-state index is 0.0254. The Bertz CT molecular complexity index is 604. The van der Waals surface area contributed by atoms with Crippen LogP contribution >= 0.6 is 11.6 Å². The van der Waals surface area contributed by atoms with Crippen LogP contribution in [0.3, 0.4) is 0 Å². The Morgan fingerprint density at radius 3 is 2.37 bits per heavy atom. The molecule has 0 spiro atoms. The molecule has 0 aliphatic heterocycles. The summed E-state index contributed by atoms with van der Waals surface area (Å²) < 4.78 is 1.57. The van der Waals surface area contributed by atoms with Crippen LogP contribution in [0, 0.1) is 0 Å². The van der Waals surface area contributed by atoms with Crippen molar-refractivity contribution in [3.05, 3.63) is 69.1 Å². The lowest BCUT2D eigenvalue weighted by Crippen LogP contribution is -2.20. The van der Waals surface area contributed by atoms with E-state index in [-0.39, 0.29) is 5.56 Å². The summed E-state index contributed by atoms with van der Waals surface area (Å²) in [5.41, 5.74) is 2.26. The van der Waals surface area contributed by atoms with Gasteiger partial charge in [0.05, 0.1) is 0 Å². The van der Waals surface area contributed by atoms with E-state index < -0.39 is 0 Å². The number of hydrogen-bond acceptors (Lipinski definition) is 2. The second-order valence-electron chi connectivity index (χ2n) is 4.78. The molecule has 1 heterocycles. The maximum atomic E-state index is 11.5. The summed E-state index contributed by atoms with van der Waals surface area (Å²) in [6.07, 6.45) is 1.80. The number of benzene rings is 1. The van der Waals surface area contributed by atoms with Crippen molar-refractivity contribution in [3.63, 3.8) is 0 Å². The first kappa shape index (κ1) is 13.8. The third kappa shape index (κ3) is 3.94. The Morgan fingerprint density at radius 2 is 1.74 bits per heavy atom. The van der Waals surface area contributed by atoms with Gasteiger partial charge in [0.25, 0.3) is 5.56 Å². The number of nitrogens with zero attached hydrogens (tertiary/aromatic N) is 2. The zero-order chi connectivity index (χ0) is 13.8. The lowest BCUT2D eigenvalue weighted by atomic mass is 10.2. The predicted octanol–water partition coefficient (Wildman–Crippen LogP) is 2.67. The van der Waals surface area contributed by atoms with Gasteiger partial charge in [0.2, 0.25) is 0 Å². The number of pyridine rings is 1. The highest BCUT2D eigenvalue weighted by molar-refractivity contribution is 6.30. The number of halogens is 1. The van der Waals surface area contributed by atoms with Crippen LogP contribution in [-0.2, 0) is 20.1 Å². The van der Waals surface area contributed by atoms with Gasteiger partial charge in [-0.2, -0.15) is 0 Å². The monoisotopic (exact) mass is 276 g/mol. The average molecular weight is 277 g/mol. The van der Waals surface area contributed by atoms with Gasteiger partial charge in [-0.05, 0) is 36.4 Å². The smallest absolute Gasteiger partial charge is 0.250 e. The normalized spacial score (nSPS) is 10.9. The maximum absolute atomic E-state index is 11.5. The van der Waals surface area contributed by atoms with Gasteiger partial charge in [0.1, 0.15) is 0 Å². The van der Waals surface area contributed by atoms with Crippen LogP contribution in [0.5, 0.6) is 0 Å². The molecule has 0 atom stereocenters. The fourth-order valence-corrected chi connectivity index (χ4v) is 2.08. The van der Waals surface area contributed by atoms with Crippen molar-refractivity contribution in [1.29, 1.82) is 0 Å². The van der Waals surface area contributed by atoms with Crippen LogP contribution in [0.1, 0.15) is 11.1 Å². The van der Waals surface area contributed by atoms with Crippen LogP contribution < -0.4 is 5.56 Å². The van der Waals surface area contributed by atoms with Gasteiger partial charge in [0, 0.05) is 37.4 Å². The molecule has 1 aromatic heterocycles. The zero-order valence-corrected chi connectivity index (χ0v) is 11.9. The van der Waals surface area contributed by atoms with E-state index in [2.05, 4.69) is 4.90 Å². The molecule has 3 nitrogen and oxygen atoms in total. The topological polar surface area (TPSA) is 25.2 Å². The highest BCUT2D eigenvalue weighted by atomic mass is 35.5. The molecule has 0 unspecified atom stereocenters. The summed E-state index contributed by atoms with van der Waals surface area (Å²) in [5, 5.41) is 0.748. The highest BCUT2D eigenvalue weighted by Crippen LogP contribution is 2.12. The second kappa shape index (κ2) is 6.04. The number of aryl methyl sites for hydroxylation is 1. The Kier molecular flexibility index (Phi) is 4.40. The first-order valence-corrected chi connectivity index (χ1v) is 6.51. The van der Waals surface area contributed by atoms with Gasteiger partial charge in [-0.25, -0.2) is 0 Å². The molecule has 0 saturated carbocycles. The molecule has 0 radical (unpaired) electrons. The quantitative estimate of drug-likeness (QED) is 0.858. The fraction of sp³-hybridized carbons (Fsp3) is 0.267. The Morgan fingerprint density at radius 1 is 1.11 bits per heavy atom. The molecule has 19 heavy (non-hydrogen) atoms. The summed E-state index contributed by atoms with van der Waals surface area (Å²) in [6.45, 7) is 1.57. The Hall–Kier alpha value is -1.58. The van der Waals surface area contributed by atoms with Gasteiger partial charge in [-0.1, -0.05) is 23.7 Å². The van der Waals surface area contributed by atoms with E-state index in [0.29, 0.717) is 0 Å². The molecule has 0 bridgehead atoms. The number of hydrogen-bond donors (Lipinski definition) is 0. The van der Waals surface area contributed by atoms with Crippen LogP contribution in [0.2, 0.25) is 5.02 Å². The zero-order valence-electron chi connectivity index (χ0n) is 11.1. The highest BCUT2D eigenvalue weighted by Gasteiger charge is 2.03. The number of aromatic nitrogens is 1. The van der Waals surface area contributed by atoms with E-state index in [1.807, 2.05) is 37.4 Å². The number of rotatable bonds is 4. The molecule has 4 heteroatoms. The molecule has 0 fully saturated rings. The summed E-state index contributed by atoms with van der Waals surface area (Å²) in [6, 6.07) is 11.5. The molecule has 0 saturated heterocycles.